The molecule has 104 valence electrons. The van der Waals surface area contributed by atoms with Crippen LogP contribution < -0.4 is 0 Å². The van der Waals surface area contributed by atoms with Crippen LogP contribution in [-0.4, -0.2) is 5.78 Å². The molecular weight excluding hydrogens is 232 g/mol. The predicted octanol–water partition coefficient (Wildman–Crippen LogP) is 5.21. The van der Waals surface area contributed by atoms with E-state index in [9.17, 15) is 4.79 Å². The Labute approximate surface area is 117 Å². The molecule has 0 N–H and O–H groups in total. The van der Waals surface area contributed by atoms with E-state index >= 15 is 0 Å². The minimum atomic E-state index is 0.267. The van der Waals surface area contributed by atoms with Crippen molar-refractivity contribution in [2.24, 2.45) is 11.8 Å². The molecule has 0 radical (unpaired) electrons. The second-order valence-electron chi connectivity index (χ2n) is 6.20. The van der Waals surface area contributed by atoms with Gasteiger partial charge in [-0.2, -0.15) is 0 Å². The van der Waals surface area contributed by atoms with E-state index in [2.05, 4.69) is 32.9 Å². The maximum absolute atomic E-state index is 12.7. The van der Waals surface area contributed by atoms with Gasteiger partial charge in [0.2, 0.25) is 0 Å². The summed E-state index contributed by atoms with van der Waals surface area (Å²) in [6, 6.07) is 8.28. The molecular formula is C18H26O. The zero-order valence-electron chi connectivity index (χ0n) is 12.5. The van der Waals surface area contributed by atoms with Gasteiger partial charge in [0, 0.05) is 11.5 Å². The average molecular weight is 258 g/mol. The molecule has 0 saturated heterocycles. The lowest BCUT2D eigenvalue weighted by atomic mass is 9.74. The quantitative estimate of drug-likeness (QED) is 0.678. The summed E-state index contributed by atoms with van der Waals surface area (Å²) in [6.45, 7) is 6.59. The lowest BCUT2D eigenvalue weighted by Gasteiger charge is -2.29. The molecule has 0 bridgehead atoms. The third-order valence-corrected chi connectivity index (χ3v) is 4.63. The summed E-state index contributed by atoms with van der Waals surface area (Å²) in [6.07, 6.45) is 5.98. The van der Waals surface area contributed by atoms with Gasteiger partial charge in [0.1, 0.15) is 0 Å². The number of benzene rings is 1. The highest BCUT2D eigenvalue weighted by atomic mass is 16.1. The minimum Gasteiger partial charge on any atom is -0.294 e. The lowest BCUT2D eigenvalue weighted by Crippen LogP contribution is -2.26. The van der Waals surface area contributed by atoms with E-state index in [0.29, 0.717) is 17.6 Å². The second kappa shape index (κ2) is 6.36. The van der Waals surface area contributed by atoms with E-state index in [-0.39, 0.29) is 5.92 Å². The van der Waals surface area contributed by atoms with Crippen molar-refractivity contribution in [2.45, 2.75) is 58.8 Å². The first-order valence-electron chi connectivity index (χ1n) is 7.77. The van der Waals surface area contributed by atoms with Gasteiger partial charge in [-0.3, -0.25) is 4.79 Å². The van der Waals surface area contributed by atoms with Crippen LogP contribution in [0.1, 0.15) is 74.7 Å². The molecule has 19 heavy (non-hydrogen) atoms. The predicted molar refractivity (Wildman–Crippen MR) is 80.6 cm³/mol. The Kier molecular flexibility index (Phi) is 4.79. The molecule has 0 aromatic heterocycles. The number of hydrogen-bond acceptors (Lipinski definition) is 1. The van der Waals surface area contributed by atoms with Gasteiger partial charge in [0.15, 0.2) is 5.78 Å². The van der Waals surface area contributed by atoms with Crippen molar-refractivity contribution in [1.82, 2.24) is 0 Å². The van der Waals surface area contributed by atoms with Crippen molar-refractivity contribution >= 4 is 5.78 Å². The molecule has 2 unspecified atom stereocenters. The number of hydrogen-bond donors (Lipinski definition) is 0. The van der Waals surface area contributed by atoms with Crippen LogP contribution >= 0.6 is 0 Å². The van der Waals surface area contributed by atoms with E-state index in [1.165, 1.54) is 24.8 Å². The number of carbonyl (C=O) groups excluding carboxylic acids is 1. The molecule has 1 heteroatoms. The van der Waals surface area contributed by atoms with Gasteiger partial charge in [-0.1, -0.05) is 64.3 Å². The summed E-state index contributed by atoms with van der Waals surface area (Å²) in [5.74, 6) is 1.78. The topological polar surface area (TPSA) is 17.1 Å². The van der Waals surface area contributed by atoms with Crippen LogP contribution in [-0.2, 0) is 0 Å². The van der Waals surface area contributed by atoms with Crippen LogP contribution in [0.2, 0.25) is 0 Å². The maximum atomic E-state index is 12.7. The molecule has 1 saturated carbocycles. The SMILES string of the molecule is CCC1CCCCC1C(=O)c1ccc(C(C)C)cc1. The Balaban J connectivity index is 2.13. The Morgan fingerprint density at radius 2 is 1.79 bits per heavy atom. The fourth-order valence-corrected chi connectivity index (χ4v) is 3.29. The van der Waals surface area contributed by atoms with Crippen molar-refractivity contribution in [1.29, 1.82) is 0 Å². The Bertz CT molecular complexity index is 416. The lowest BCUT2D eigenvalue weighted by molar-refractivity contribution is 0.0820. The number of rotatable bonds is 4. The largest absolute Gasteiger partial charge is 0.294 e. The van der Waals surface area contributed by atoms with E-state index in [1.807, 2.05) is 12.1 Å². The van der Waals surface area contributed by atoms with Crippen LogP contribution in [0.15, 0.2) is 24.3 Å². The first kappa shape index (κ1) is 14.3. The Hall–Kier alpha value is -1.11. The Morgan fingerprint density at radius 1 is 1.16 bits per heavy atom. The summed E-state index contributed by atoms with van der Waals surface area (Å²) in [7, 11) is 0. The van der Waals surface area contributed by atoms with Crippen molar-refractivity contribution in [3.8, 4) is 0 Å². The Morgan fingerprint density at radius 3 is 2.37 bits per heavy atom. The molecule has 1 nitrogen and oxygen atoms in total. The average Bonchev–Trinajstić information content (AvgIpc) is 2.46. The van der Waals surface area contributed by atoms with Crippen molar-refractivity contribution in [3.63, 3.8) is 0 Å². The normalized spacial score (nSPS) is 23.6. The minimum absolute atomic E-state index is 0.267. The van der Waals surface area contributed by atoms with Gasteiger partial charge in [-0.15, -0.1) is 0 Å². The van der Waals surface area contributed by atoms with Crippen molar-refractivity contribution in [2.75, 3.05) is 0 Å². The fourth-order valence-electron chi connectivity index (χ4n) is 3.29. The summed E-state index contributed by atoms with van der Waals surface area (Å²) in [5.41, 5.74) is 2.22. The highest BCUT2D eigenvalue weighted by Crippen LogP contribution is 2.34. The van der Waals surface area contributed by atoms with Gasteiger partial charge in [0.05, 0.1) is 0 Å². The summed E-state index contributed by atoms with van der Waals surface area (Å²) in [5, 5.41) is 0. The molecule has 0 aliphatic heterocycles. The zero-order chi connectivity index (χ0) is 13.8. The van der Waals surface area contributed by atoms with Crippen molar-refractivity contribution < 1.29 is 4.79 Å². The number of ketones is 1. The third kappa shape index (κ3) is 3.26. The zero-order valence-corrected chi connectivity index (χ0v) is 12.5. The summed E-state index contributed by atoms with van der Waals surface area (Å²) in [4.78, 5) is 12.7. The molecule has 0 heterocycles. The molecule has 1 aromatic carbocycles. The van der Waals surface area contributed by atoms with Crippen LogP contribution in [0.4, 0.5) is 0 Å². The van der Waals surface area contributed by atoms with Crippen LogP contribution in [0, 0.1) is 11.8 Å². The van der Waals surface area contributed by atoms with Crippen LogP contribution in [0.5, 0.6) is 0 Å². The fraction of sp³-hybridized carbons (Fsp3) is 0.611. The first-order valence-corrected chi connectivity index (χ1v) is 7.77. The summed E-state index contributed by atoms with van der Waals surface area (Å²) < 4.78 is 0. The second-order valence-corrected chi connectivity index (χ2v) is 6.20. The standard InChI is InChI=1S/C18H26O/c1-4-14-7-5-6-8-17(14)18(19)16-11-9-15(10-12-16)13(2)3/h9-14,17H,4-8H2,1-3H3. The third-order valence-electron chi connectivity index (χ3n) is 4.63. The number of Topliss-reactive ketones (excluding diaryl/α,β-unsaturated/α-hetero) is 1. The highest BCUT2D eigenvalue weighted by molar-refractivity contribution is 5.98. The van der Waals surface area contributed by atoms with Gasteiger partial charge >= 0.3 is 0 Å². The molecule has 2 rings (SSSR count). The van der Waals surface area contributed by atoms with E-state index in [4.69, 9.17) is 0 Å². The smallest absolute Gasteiger partial charge is 0.166 e. The first-order chi connectivity index (χ1) is 9.13. The number of carbonyl (C=O) groups is 1. The van der Waals surface area contributed by atoms with E-state index in [1.54, 1.807) is 0 Å². The molecule has 1 aromatic rings. The highest BCUT2D eigenvalue weighted by Gasteiger charge is 2.30. The van der Waals surface area contributed by atoms with E-state index < -0.39 is 0 Å². The molecule has 1 aliphatic carbocycles. The molecule has 0 amide bonds. The molecule has 2 atom stereocenters. The maximum Gasteiger partial charge on any atom is 0.166 e. The molecule has 1 fully saturated rings. The van der Waals surface area contributed by atoms with Gasteiger partial charge in [-0.25, -0.2) is 0 Å². The van der Waals surface area contributed by atoms with Crippen molar-refractivity contribution in [3.05, 3.63) is 35.4 Å². The molecule has 1 aliphatic rings. The van der Waals surface area contributed by atoms with Gasteiger partial charge in [0.25, 0.3) is 0 Å². The van der Waals surface area contributed by atoms with E-state index in [0.717, 1.165) is 18.4 Å². The monoisotopic (exact) mass is 258 g/mol. The summed E-state index contributed by atoms with van der Waals surface area (Å²) >= 11 is 0. The van der Waals surface area contributed by atoms with Gasteiger partial charge in [-0.05, 0) is 30.2 Å². The van der Waals surface area contributed by atoms with Crippen LogP contribution in [0.3, 0.4) is 0 Å². The molecule has 0 spiro atoms. The van der Waals surface area contributed by atoms with Gasteiger partial charge < -0.3 is 0 Å². The van der Waals surface area contributed by atoms with Crippen LogP contribution in [0.25, 0.3) is 0 Å².